The summed E-state index contributed by atoms with van der Waals surface area (Å²) in [6.45, 7) is 4.04. The standard InChI is InChI=1S/C20H29NO4/c1-23-14-17-15-25-11-8-20(17)6-9-21(10-7-20)19(22)13-16-4-3-5-18(12-16)24-2/h3-5,12,17H,6-11,13-15H2,1-2H3/t17-/m1/s1. The van der Waals surface area contributed by atoms with Crippen LogP contribution in [0.2, 0.25) is 0 Å². The first-order valence-corrected chi connectivity index (χ1v) is 9.14. The Bertz CT molecular complexity index is 579. The Morgan fingerprint density at radius 2 is 2.08 bits per heavy atom. The molecule has 138 valence electrons. The number of benzene rings is 1. The molecule has 5 heteroatoms. The number of likely N-dealkylation sites (tertiary alicyclic amines) is 1. The predicted octanol–water partition coefficient (Wildman–Crippen LogP) is 2.53. The van der Waals surface area contributed by atoms with Gasteiger partial charge in [-0.15, -0.1) is 0 Å². The zero-order chi connectivity index (χ0) is 17.7. The van der Waals surface area contributed by atoms with Crippen molar-refractivity contribution in [2.45, 2.75) is 25.7 Å². The minimum Gasteiger partial charge on any atom is -0.497 e. The van der Waals surface area contributed by atoms with E-state index in [-0.39, 0.29) is 11.3 Å². The van der Waals surface area contributed by atoms with Gasteiger partial charge in [-0.3, -0.25) is 4.79 Å². The van der Waals surface area contributed by atoms with E-state index < -0.39 is 0 Å². The van der Waals surface area contributed by atoms with E-state index in [1.54, 1.807) is 14.2 Å². The van der Waals surface area contributed by atoms with Gasteiger partial charge in [0.15, 0.2) is 0 Å². The number of carbonyl (C=O) groups is 1. The van der Waals surface area contributed by atoms with Crippen LogP contribution in [-0.2, 0) is 20.7 Å². The predicted molar refractivity (Wildman–Crippen MR) is 95.7 cm³/mol. The van der Waals surface area contributed by atoms with Crippen molar-refractivity contribution in [3.05, 3.63) is 29.8 Å². The van der Waals surface area contributed by atoms with Crippen molar-refractivity contribution < 1.29 is 19.0 Å². The van der Waals surface area contributed by atoms with Crippen molar-refractivity contribution in [2.24, 2.45) is 11.3 Å². The summed E-state index contributed by atoms with van der Waals surface area (Å²) >= 11 is 0. The Morgan fingerprint density at radius 1 is 1.28 bits per heavy atom. The van der Waals surface area contributed by atoms with Crippen LogP contribution < -0.4 is 4.74 Å². The lowest BCUT2D eigenvalue weighted by molar-refractivity contribution is -0.137. The van der Waals surface area contributed by atoms with Gasteiger partial charge in [0.25, 0.3) is 0 Å². The molecule has 2 aliphatic heterocycles. The molecular formula is C20H29NO4. The van der Waals surface area contributed by atoms with E-state index in [2.05, 4.69) is 0 Å². The normalized spacial score (nSPS) is 22.8. The summed E-state index contributed by atoms with van der Waals surface area (Å²) in [7, 11) is 3.41. The van der Waals surface area contributed by atoms with Gasteiger partial charge in [-0.1, -0.05) is 12.1 Å². The van der Waals surface area contributed by atoms with Crippen molar-refractivity contribution in [2.75, 3.05) is 47.1 Å². The van der Waals surface area contributed by atoms with Gasteiger partial charge in [0, 0.05) is 32.7 Å². The largest absolute Gasteiger partial charge is 0.497 e. The average molecular weight is 347 g/mol. The molecule has 3 rings (SSSR count). The molecule has 0 aromatic heterocycles. The molecule has 0 aliphatic carbocycles. The van der Waals surface area contributed by atoms with Crippen LogP contribution in [0, 0.1) is 11.3 Å². The second-order valence-electron chi connectivity index (χ2n) is 7.25. The van der Waals surface area contributed by atoms with Crippen molar-refractivity contribution >= 4 is 5.91 Å². The maximum absolute atomic E-state index is 12.7. The summed E-state index contributed by atoms with van der Waals surface area (Å²) in [5.74, 6) is 1.45. The van der Waals surface area contributed by atoms with Gasteiger partial charge >= 0.3 is 0 Å². The maximum Gasteiger partial charge on any atom is 0.226 e. The van der Waals surface area contributed by atoms with Crippen LogP contribution in [0.25, 0.3) is 0 Å². The number of hydrogen-bond acceptors (Lipinski definition) is 4. The minimum absolute atomic E-state index is 0.207. The second kappa shape index (κ2) is 8.19. The van der Waals surface area contributed by atoms with Gasteiger partial charge in [0.05, 0.1) is 26.7 Å². The molecular weight excluding hydrogens is 318 g/mol. The maximum atomic E-state index is 12.7. The van der Waals surface area contributed by atoms with Crippen LogP contribution in [0.4, 0.5) is 0 Å². The molecule has 0 saturated carbocycles. The van der Waals surface area contributed by atoms with Crippen LogP contribution in [0.5, 0.6) is 5.75 Å². The van der Waals surface area contributed by atoms with Crippen molar-refractivity contribution in [3.8, 4) is 5.75 Å². The Kier molecular flexibility index (Phi) is 5.97. The van der Waals surface area contributed by atoms with Crippen molar-refractivity contribution in [1.29, 1.82) is 0 Å². The second-order valence-corrected chi connectivity index (χ2v) is 7.25. The molecule has 1 spiro atoms. The van der Waals surface area contributed by atoms with Gasteiger partial charge in [-0.05, 0) is 42.4 Å². The third kappa shape index (κ3) is 4.15. The fraction of sp³-hybridized carbons (Fsp3) is 0.650. The number of methoxy groups -OCH3 is 2. The Labute approximate surface area is 150 Å². The highest BCUT2D eigenvalue weighted by molar-refractivity contribution is 5.79. The number of hydrogen-bond donors (Lipinski definition) is 0. The highest BCUT2D eigenvalue weighted by Crippen LogP contribution is 2.44. The van der Waals surface area contributed by atoms with Crippen LogP contribution in [0.1, 0.15) is 24.8 Å². The molecule has 0 radical (unpaired) electrons. The van der Waals surface area contributed by atoms with Crippen LogP contribution in [0.3, 0.4) is 0 Å². The summed E-state index contributed by atoms with van der Waals surface area (Å²) in [5.41, 5.74) is 1.29. The zero-order valence-corrected chi connectivity index (χ0v) is 15.3. The van der Waals surface area contributed by atoms with E-state index >= 15 is 0 Å². The first-order valence-electron chi connectivity index (χ1n) is 9.14. The lowest BCUT2D eigenvalue weighted by atomic mass is 9.66. The van der Waals surface area contributed by atoms with E-state index in [0.29, 0.717) is 12.3 Å². The summed E-state index contributed by atoms with van der Waals surface area (Å²) in [4.78, 5) is 14.7. The highest BCUT2D eigenvalue weighted by atomic mass is 16.5. The summed E-state index contributed by atoms with van der Waals surface area (Å²) in [5, 5.41) is 0. The number of piperidine rings is 1. The molecule has 1 amide bonds. The van der Waals surface area contributed by atoms with E-state index in [1.807, 2.05) is 29.2 Å². The number of carbonyl (C=O) groups excluding carboxylic acids is 1. The molecule has 0 unspecified atom stereocenters. The summed E-state index contributed by atoms with van der Waals surface area (Å²) < 4.78 is 16.3. The molecule has 25 heavy (non-hydrogen) atoms. The minimum atomic E-state index is 0.207. The highest BCUT2D eigenvalue weighted by Gasteiger charge is 2.43. The number of rotatable bonds is 5. The third-order valence-electron chi connectivity index (χ3n) is 5.90. The fourth-order valence-electron chi connectivity index (χ4n) is 4.24. The molecule has 0 bridgehead atoms. The smallest absolute Gasteiger partial charge is 0.226 e. The SMILES string of the molecule is COC[C@@H]1COCCC12CCN(C(=O)Cc1cccc(OC)c1)CC2. The monoisotopic (exact) mass is 347 g/mol. The topological polar surface area (TPSA) is 48.0 Å². The molecule has 2 saturated heterocycles. The first-order chi connectivity index (χ1) is 12.2. The number of nitrogens with zero attached hydrogens (tertiary/aromatic N) is 1. The van der Waals surface area contributed by atoms with Crippen LogP contribution >= 0.6 is 0 Å². The third-order valence-corrected chi connectivity index (χ3v) is 5.90. The lowest BCUT2D eigenvalue weighted by Crippen LogP contribution is -2.50. The molecule has 2 aliphatic rings. The quantitative estimate of drug-likeness (QED) is 0.821. The van der Waals surface area contributed by atoms with Gasteiger partial charge in [0.1, 0.15) is 5.75 Å². The van der Waals surface area contributed by atoms with Gasteiger partial charge in [-0.2, -0.15) is 0 Å². The Balaban J connectivity index is 1.58. The Morgan fingerprint density at radius 3 is 2.80 bits per heavy atom. The van der Waals surface area contributed by atoms with E-state index in [0.717, 1.165) is 63.5 Å². The molecule has 1 atom stereocenters. The fourth-order valence-corrected chi connectivity index (χ4v) is 4.24. The van der Waals surface area contributed by atoms with Crippen LogP contribution in [-0.4, -0.2) is 57.9 Å². The lowest BCUT2D eigenvalue weighted by Gasteiger charge is -2.49. The molecule has 5 nitrogen and oxygen atoms in total. The number of amides is 1. The first kappa shape index (κ1) is 18.2. The molecule has 2 fully saturated rings. The van der Waals surface area contributed by atoms with E-state index in [1.165, 1.54) is 0 Å². The summed E-state index contributed by atoms with van der Waals surface area (Å²) in [6, 6.07) is 7.76. The van der Waals surface area contributed by atoms with E-state index in [9.17, 15) is 4.79 Å². The molecule has 0 N–H and O–H groups in total. The molecule has 1 aromatic carbocycles. The van der Waals surface area contributed by atoms with Gasteiger partial charge < -0.3 is 19.1 Å². The van der Waals surface area contributed by atoms with Crippen molar-refractivity contribution in [1.82, 2.24) is 4.90 Å². The van der Waals surface area contributed by atoms with Crippen LogP contribution in [0.15, 0.2) is 24.3 Å². The molecule has 2 heterocycles. The van der Waals surface area contributed by atoms with Crippen molar-refractivity contribution in [3.63, 3.8) is 0 Å². The van der Waals surface area contributed by atoms with Gasteiger partial charge in [-0.25, -0.2) is 0 Å². The zero-order valence-electron chi connectivity index (χ0n) is 15.3. The van der Waals surface area contributed by atoms with E-state index in [4.69, 9.17) is 14.2 Å². The molecule has 1 aromatic rings. The van der Waals surface area contributed by atoms with Gasteiger partial charge in [0.2, 0.25) is 5.91 Å². The Hall–Kier alpha value is -1.59. The summed E-state index contributed by atoms with van der Waals surface area (Å²) in [6.07, 6.45) is 3.62. The number of ether oxygens (including phenoxy) is 3. The average Bonchev–Trinajstić information content (AvgIpc) is 2.64.